The van der Waals surface area contributed by atoms with Crippen LogP contribution in [0.3, 0.4) is 0 Å². The summed E-state index contributed by atoms with van der Waals surface area (Å²) < 4.78 is 38.6. The van der Waals surface area contributed by atoms with Gasteiger partial charge in [0.25, 0.3) is 0 Å². The fourth-order valence-corrected chi connectivity index (χ4v) is 3.36. The summed E-state index contributed by atoms with van der Waals surface area (Å²) in [5.74, 6) is -5.11. The lowest BCUT2D eigenvalue weighted by atomic mass is 9.89. The number of carbonyl (C=O) groups excluding carboxylic acids is 1. The summed E-state index contributed by atoms with van der Waals surface area (Å²) >= 11 is 0. The molecule has 1 aliphatic carbocycles. The summed E-state index contributed by atoms with van der Waals surface area (Å²) in [5, 5.41) is 11.6. The number of carbonyl (C=O) groups is 2. The molecule has 1 aliphatic heterocycles. The van der Waals surface area contributed by atoms with E-state index in [9.17, 15) is 22.8 Å². The summed E-state index contributed by atoms with van der Waals surface area (Å²) in [6.45, 7) is 1.46. The molecule has 1 saturated carbocycles. The van der Waals surface area contributed by atoms with Crippen LogP contribution >= 0.6 is 0 Å². The van der Waals surface area contributed by atoms with E-state index in [0.29, 0.717) is 6.54 Å². The first-order chi connectivity index (χ1) is 10.1. The highest BCUT2D eigenvalue weighted by molar-refractivity contribution is 5.77. The fourth-order valence-electron chi connectivity index (χ4n) is 3.36. The van der Waals surface area contributed by atoms with Gasteiger partial charge in [-0.2, -0.15) is 13.2 Å². The second kappa shape index (κ2) is 5.96. The number of carboxylic acids is 1. The first-order valence-electron chi connectivity index (χ1n) is 7.45. The minimum Gasteiger partial charge on any atom is -0.481 e. The normalized spacial score (nSPS) is 27.9. The van der Waals surface area contributed by atoms with Crippen LogP contribution in [0, 0.1) is 17.3 Å². The van der Waals surface area contributed by atoms with E-state index in [1.54, 1.807) is 0 Å². The van der Waals surface area contributed by atoms with Crippen LogP contribution in [0.5, 0.6) is 0 Å². The van der Waals surface area contributed by atoms with Gasteiger partial charge in [-0.15, -0.1) is 0 Å². The zero-order chi connectivity index (χ0) is 16.5. The number of urea groups is 1. The fraction of sp³-hybridized carbons (Fsp3) is 0.857. The molecule has 1 heterocycles. The van der Waals surface area contributed by atoms with Gasteiger partial charge >= 0.3 is 18.2 Å². The number of rotatable bonds is 3. The largest absolute Gasteiger partial charge is 0.481 e. The zero-order valence-corrected chi connectivity index (χ0v) is 12.4. The van der Waals surface area contributed by atoms with Crippen LogP contribution in [0.4, 0.5) is 18.0 Å². The smallest absolute Gasteiger partial charge is 0.394 e. The van der Waals surface area contributed by atoms with Gasteiger partial charge in [0.2, 0.25) is 0 Å². The molecule has 22 heavy (non-hydrogen) atoms. The van der Waals surface area contributed by atoms with Crippen LogP contribution in [0.2, 0.25) is 0 Å². The third-order valence-corrected chi connectivity index (χ3v) is 4.82. The van der Waals surface area contributed by atoms with Gasteiger partial charge in [0.1, 0.15) is 0 Å². The second-order valence-corrected chi connectivity index (χ2v) is 6.67. The molecule has 2 amide bonds. The Morgan fingerprint density at radius 1 is 1.27 bits per heavy atom. The Hall–Kier alpha value is -1.47. The molecule has 0 aromatic rings. The van der Waals surface area contributed by atoms with Crippen molar-refractivity contribution in [2.75, 3.05) is 19.6 Å². The molecule has 2 N–H and O–H groups in total. The van der Waals surface area contributed by atoms with E-state index in [4.69, 9.17) is 5.11 Å². The first-order valence-corrected chi connectivity index (χ1v) is 7.45. The number of carboxylic acid groups (broad SMARTS) is 1. The van der Waals surface area contributed by atoms with Crippen molar-refractivity contribution >= 4 is 12.0 Å². The van der Waals surface area contributed by atoms with Crippen LogP contribution in [0.1, 0.15) is 32.6 Å². The molecule has 8 heteroatoms. The average Bonchev–Trinajstić information content (AvgIpc) is 3.02. The number of amides is 2. The average molecular weight is 322 g/mol. The number of halogens is 3. The van der Waals surface area contributed by atoms with Crippen molar-refractivity contribution in [3.63, 3.8) is 0 Å². The monoisotopic (exact) mass is 322 g/mol. The molecule has 1 saturated heterocycles. The zero-order valence-electron chi connectivity index (χ0n) is 12.4. The van der Waals surface area contributed by atoms with Gasteiger partial charge < -0.3 is 15.3 Å². The Kier molecular flexibility index (Phi) is 4.58. The number of aliphatic carboxylic acids is 1. The highest BCUT2D eigenvalue weighted by Crippen LogP contribution is 2.38. The summed E-state index contributed by atoms with van der Waals surface area (Å²) in [6, 6.07) is -0.605. The molecule has 0 radical (unpaired) electrons. The number of likely N-dealkylation sites (tertiary alicyclic amines) is 1. The number of nitrogens with one attached hydrogen (secondary N) is 1. The number of hydrogen-bond acceptors (Lipinski definition) is 2. The van der Waals surface area contributed by atoms with Crippen molar-refractivity contribution in [3.8, 4) is 0 Å². The van der Waals surface area contributed by atoms with Gasteiger partial charge in [0.15, 0.2) is 0 Å². The molecule has 2 rings (SSSR count). The molecule has 126 valence electrons. The number of alkyl halides is 3. The standard InChI is InChI=1S/C14H21F3N2O3/c1-13(4-2-3-5-13)8-18-12(22)19-6-9(11(20)21)10(7-19)14(15,16)17/h9-10H,2-8H2,1H3,(H,18,22)(H,20,21)/t9-,10-/m1/s1. The molecule has 0 aromatic carbocycles. The van der Waals surface area contributed by atoms with Gasteiger partial charge in [0, 0.05) is 19.6 Å². The quantitative estimate of drug-likeness (QED) is 0.838. The van der Waals surface area contributed by atoms with Crippen LogP contribution in [0.15, 0.2) is 0 Å². The minimum absolute atomic E-state index is 0.00892. The van der Waals surface area contributed by atoms with Crippen molar-refractivity contribution in [3.05, 3.63) is 0 Å². The van der Waals surface area contributed by atoms with E-state index >= 15 is 0 Å². The van der Waals surface area contributed by atoms with Crippen molar-refractivity contribution in [1.82, 2.24) is 10.2 Å². The highest BCUT2D eigenvalue weighted by atomic mass is 19.4. The molecular formula is C14H21F3N2O3. The van der Waals surface area contributed by atoms with Gasteiger partial charge in [-0.05, 0) is 18.3 Å². The van der Waals surface area contributed by atoms with E-state index in [1.165, 1.54) is 0 Å². The van der Waals surface area contributed by atoms with E-state index in [0.717, 1.165) is 30.6 Å². The summed E-state index contributed by atoms with van der Waals surface area (Å²) in [4.78, 5) is 24.0. The second-order valence-electron chi connectivity index (χ2n) is 6.67. The lowest BCUT2D eigenvalue weighted by Crippen LogP contribution is -2.43. The minimum atomic E-state index is -4.62. The summed E-state index contributed by atoms with van der Waals surface area (Å²) in [7, 11) is 0. The molecule has 0 unspecified atom stereocenters. The van der Waals surface area contributed by atoms with Crippen LogP contribution in [0.25, 0.3) is 0 Å². The van der Waals surface area contributed by atoms with Crippen molar-refractivity contribution in [2.45, 2.75) is 38.8 Å². The number of nitrogens with zero attached hydrogens (tertiary/aromatic N) is 1. The van der Waals surface area contributed by atoms with Crippen molar-refractivity contribution in [2.24, 2.45) is 17.3 Å². The van der Waals surface area contributed by atoms with Crippen molar-refractivity contribution < 1.29 is 27.9 Å². The Morgan fingerprint density at radius 3 is 2.32 bits per heavy atom. The van der Waals surface area contributed by atoms with E-state index in [2.05, 4.69) is 5.32 Å². The maximum Gasteiger partial charge on any atom is 0.394 e. The highest BCUT2D eigenvalue weighted by Gasteiger charge is 2.53. The summed E-state index contributed by atoms with van der Waals surface area (Å²) in [6.07, 6.45) is -0.470. The van der Waals surface area contributed by atoms with Gasteiger partial charge in [-0.1, -0.05) is 19.8 Å². The predicted octanol–water partition coefficient (Wildman–Crippen LogP) is 2.47. The Morgan fingerprint density at radius 2 is 1.86 bits per heavy atom. The van der Waals surface area contributed by atoms with Gasteiger partial charge in [-0.3, -0.25) is 4.79 Å². The molecule has 5 nitrogen and oxygen atoms in total. The van der Waals surface area contributed by atoms with Crippen molar-refractivity contribution in [1.29, 1.82) is 0 Å². The SMILES string of the molecule is CC1(CNC(=O)N2C[C@@H](C(F)(F)F)[C@H](C(=O)O)C2)CCCC1. The first kappa shape index (κ1) is 16.9. The maximum atomic E-state index is 12.9. The molecule has 0 aromatic heterocycles. The van der Waals surface area contributed by atoms with E-state index < -0.39 is 43.1 Å². The molecule has 2 fully saturated rings. The van der Waals surface area contributed by atoms with Crippen LogP contribution in [-0.2, 0) is 4.79 Å². The molecular weight excluding hydrogens is 301 g/mol. The molecule has 2 atom stereocenters. The third kappa shape index (κ3) is 3.64. The Bertz CT molecular complexity index is 447. The lowest BCUT2D eigenvalue weighted by Gasteiger charge is -2.26. The lowest BCUT2D eigenvalue weighted by molar-refractivity contribution is -0.187. The van der Waals surface area contributed by atoms with Gasteiger partial charge in [-0.25, -0.2) is 4.79 Å². The van der Waals surface area contributed by atoms with E-state index in [1.807, 2.05) is 6.92 Å². The summed E-state index contributed by atoms with van der Waals surface area (Å²) in [5.41, 5.74) is -0.00892. The molecule has 0 spiro atoms. The van der Waals surface area contributed by atoms with Crippen LogP contribution < -0.4 is 5.32 Å². The molecule has 0 bridgehead atoms. The topological polar surface area (TPSA) is 69.6 Å². The number of hydrogen-bond donors (Lipinski definition) is 2. The third-order valence-electron chi connectivity index (χ3n) is 4.82. The maximum absolute atomic E-state index is 12.9. The van der Waals surface area contributed by atoms with Crippen LogP contribution in [-0.4, -0.2) is 47.8 Å². The predicted molar refractivity (Wildman–Crippen MR) is 72.2 cm³/mol. The van der Waals surface area contributed by atoms with E-state index in [-0.39, 0.29) is 5.41 Å². The Labute approximate surface area is 126 Å². The molecule has 2 aliphatic rings. The Balaban J connectivity index is 1.95. The van der Waals surface area contributed by atoms with Gasteiger partial charge in [0.05, 0.1) is 11.8 Å².